The lowest BCUT2D eigenvalue weighted by Gasteiger charge is -2.16. The maximum Gasteiger partial charge on any atom is 0.306 e. The molecule has 0 bridgehead atoms. The Morgan fingerprint density at radius 3 is 2.65 bits per heavy atom. The highest BCUT2D eigenvalue weighted by atomic mass is 16.4. The molecular weight excluding hydrogens is 334 g/mol. The van der Waals surface area contributed by atoms with Gasteiger partial charge in [-0.1, -0.05) is 0 Å². The standard InChI is InChI=1S/C18H25N5O3/c1-9(2)20-16-15-12(7-14(22-16)10(3)24)8-19-18(23-15)21-13-5-4-11(6-13)17(25)26/h7-11,13,24H,4-6H2,1-3H3,(H,20,22)(H,25,26)(H,19,21,23)/t10-,11+,13-/m1/s1. The molecule has 3 rings (SSSR count). The van der Waals surface area contributed by atoms with Crippen LogP contribution >= 0.6 is 0 Å². The normalized spacial score (nSPS) is 21.1. The van der Waals surface area contributed by atoms with Crippen molar-refractivity contribution in [1.29, 1.82) is 0 Å². The van der Waals surface area contributed by atoms with E-state index in [0.717, 1.165) is 11.8 Å². The number of nitrogens with zero attached hydrogens (tertiary/aromatic N) is 3. The highest BCUT2D eigenvalue weighted by molar-refractivity contribution is 5.89. The van der Waals surface area contributed by atoms with Gasteiger partial charge >= 0.3 is 5.97 Å². The number of aromatic nitrogens is 3. The largest absolute Gasteiger partial charge is 0.481 e. The van der Waals surface area contributed by atoms with Crippen molar-refractivity contribution < 1.29 is 15.0 Å². The summed E-state index contributed by atoms with van der Waals surface area (Å²) in [6.07, 6.45) is 3.05. The van der Waals surface area contributed by atoms with Crippen molar-refractivity contribution in [3.05, 3.63) is 18.0 Å². The molecule has 0 radical (unpaired) electrons. The molecule has 140 valence electrons. The predicted octanol–water partition coefficient (Wildman–Crippen LogP) is 2.56. The van der Waals surface area contributed by atoms with Crippen LogP contribution in [0, 0.1) is 5.92 Å². The zero-order valence-electron chi connectivity index (χ0n) is 15.2. The van der Waals surface area contributed by atoms with Crippen molar-refractivity contribution >= 4 is 28.6 Å². The first-order valence-electron chi connectivity index (χ1n) is 8.95. The number of fused-ring (bicyclic) bond motifs is 1. The lowest BCUT2D eigenvalue weighted by Crippen LogP contribution is -2.19. The molecule has 1 aliphatic rings. The molecule has 8 heteroatoms. The van der Waals surface area contributed by atoms with Gasteiger partial charge in [-0.05, 0) is 46.1 Å². The summed E-state index contributed by atoms with van der Waals surface area (Å²) in [4.78, 5) is 24.5. The second kappa shape index (κ2) is 7.41. The van der Waals surface area contributed by atoms with Crippen molar-refractivity contribution in [3.8, 4) is 0 Å². The van der Waals surface area contributed by atoms with Crippen LogP contribution in [0.3, 0.4) is 0 Å². The Labute approximate surface area is 152 Å². The average molecular weight is 359 g/mol. The zero-order chi connectivity index (χ0) is 18.8. The van der Waals surface area contributed by atoms with Gasteiger partial charge in [0.05, 0.1) is 17.7 Å². The number of hydrogen-bond acceptors (Lipinski definition) is 7. The summed E-state index contributed by atoms with van der Waals surface area (Å²) in [5.74, 6) is 0.0222. The van der Waals surface area contributed by atoms with Crippen molar-refractivity contribution in [2.24, 2.45) is 5.92 Å². The molecule has 1 fully saturated rings. The van der Waals surface area contributed by atoms with Crippen LogP contribution in [-0.2, 0) is 4.79 Å². The summed E-state index contributed by atoms with van der Waals surface area (Å²) in [5.41, 5.74) is 1.23. The van der Waals surface area contributed by atoms with E-state index in [2.05, 4.69) is 25.6 Å². The maximum absolute atomic E-state index is 11.1. The molecule has 0 saturated heterocycles. The number of aliphatic carboxylic acids is 1. The molecule has 4 N–H and O–H groups in total. The molecule has 1 aliphatic carbocycles. The third kappa shape index (κ3) is 4.01. The van der Waals surface area contributed by atoms with Gasteiger partial charge in [0.15, 0.2) is 5.82 Å². The van der Waals surface area contributed by atoms with Crippen LogP contribution < -0.4 is 10.6 Å². The molecule has 8 nitrogen and oxygen atoms in total. The highest BCUT2D eigenvalue weighted by Gasteiger charge is 2.30. The lowest BCUT2D eigenvalue weighted by atomic mass is 10.1. The first-order valence-corrected chi connectivity index (χ1v) is 8.95. The van der Waals surface area contributed by atoms with Gasteiger partial charge in [-0.2, -0.15) is 0 Å². The number of aliphatic hydroxyl groups is 1. The maximum atomic E-state index is 11.1. The van der Waals surface area contributed by atoms with Gasteiger partial charge in [0.1, 0.15) is 5.52 Å². The van der Waals surface area contributed by atoms with E-state index in [9.17, 15) is 9.90 Å². The van der Waals surface area contributed by atoms with Gasteiger partial charge in [0, 0.05) is 23.7 Å². The first-order chi connectivity index (χ1) is 12.3. The SMILES string of the molecule is CC(C)Nc1nc([C@@H](C)O)cc2cnc(N[C@@H]3CC[C@H](C(=O)O)C3)nc12. The van der Waals surface area contributed by atoms with E-state index in [0.29, 0.717) is 35.8 Å². The molecule has 2 aromatic rings. The minimum Gasteiger partial charge on any atom is -0.481 e. The molecular formula is C18H25N5O3. The van der Waals surface area contributed by atoms with Crippen molar-refractivity contribution in [3.63, 3.8) is 0 Å². The quantitative estimate of drug-likeness (QED) is 0.621. The van der Waals surface area contributed by atoms with E-state index in [4.69, 9.17) is 5.11 Å². The molecule has 0 aromatic carbocycles. The van der Waals surface area contributed by atoms with E-state index >= 15 is 0 Å². The summed E-state index contributed by atoms with van der Waals surface area (Å²) in [5, 5.41) is 26.3. The van der Waals surface area contributed by atoms with Crippen molar-refractivity contribution in [1.82, 2.24) is 15.0 Å². The fraction of sp³-hybridized carbons (Fsp3) is 0.556. The monoisotopic (exact) mass is 359 g/mol. The second-order valence-corrected chi connectivity index (χ2v) is 7.19. The zero-order valence-corrected chi connectivity index (χ0v) is 15.2. The fourth-order valence-electron chi connectivity index (χ4n) is 3.24. The number of rotatable bonds is 6. The number of carboxylic acids is 1. The van der Waals surface area contributed by atoms with Gasteiger partial charge in [0.25, 0.3) is 0 Å². The van der Waals surface area contributed by atoms with Gasteiger partial charge in [-0.3, -0.25) is 4.79 Å². The third-order valence-electron chi connectivity index (χ3n) is 4.55. The van der Waals surface area contributed by atoms with E-state index in [-0.39, 0.29) is 18.0 Å². The average Bonchev–Trinajstić information content (AvgIpc) is 3.03. The van der Waals surface area contributed by atoms with Crippen molar-refractivity contribution in [2.45, 2.75) is 58.2 Å². The molecule has 26 heavy (non-hydrogen) atoms. The van der Waals surface area contributed by atoms with Crippen LogP contribution in [0.5, 0.6) is 0 Å². The number of nitrogens with one attached hydrogen (secondary N) is 2. The van der Waals surface area contributed by atoms with Gasteiger partial charge in [0.2, 0.25) is 5.95 Å². The number of pyridine rings is 1. The van der Waals surface area contributed by atoms with Crippen LogP contribution in [0.2, 0.25) is 0 Å². The van der Waals surface area contributed by atoms with E-state index in [1.54, 1.807) is 19.2 Å². The number of anilines is 2. The Morgan fingerprint density at radius 2 is 2.04 bits per heavy atom. The number of hydrogen-bond donors (Lipinski definition) is 4. The van der Waals surface area contributed by atoms with Gasteiger partial charge < -0.3 is 20.8 Å². The Kier molecular flexibility index (Phi) is 5.22. The molecule has 1 saturated carbocycles. The second-order valence-electron chi connectivity index (χ2n) is 7.19. The number of aliphatic hydroxyl groups excluding tert-OH is 1. The van der Waals surface area contributed by atoms with Gasteiger partial charge in [-0.25, -0.2) is 15.0 Å². The first kappa shape index (κ1) is 18.3. The summed E-state index contributed by atoms with van der Waals surface area (Å²) in [7, 11) is 0. The molecule has 0 unspecified atom stereocenters. The Bertz CT molecular complexity index is 809. The Hall–Kier alpha value is -2.48. The molecule has 2 heterocycles. The van der Waals surface area contributed by atoms with Crippen LogP contribution in [0.25, 0.3) is 10.9 Å². The van der Waals surface area contributed by atoms with E-state index in [1.807, 2.05) is 13.8 Å². The molecule has 0 aliphatic heterocycles. The Morgan fingerprint density at radius 1 is 1.27 bits per heavy atom. The molecule has 0 spiro atoms. The third-order valence-corrected chi connectivity index (χ3v) is 4.55. The van der Waals surface area contributed by atoms with Crippen LogP contribution in [0.1, 0.15) is 51.8 Å². The lowest BCUT2D eigenvalue weighted by molar-refractivity contribution is -0.141. The fourth-order valence-corrected chi connectivity index (χ4v) is 3.24. The molecule has 2 aromatic heterocycles. The topological polar surface area (TPSA) is 120 Å². The number of carboxylic acid groups (broad SMARTS) is 1. The van der Waals surface area contributed by atoms with Gasteiger partial charge in [-0.15, -0.1) is 0 Å². The smallest absolute Gasteiger partial charge is 0.306 e. The van der Waals surface area contributed by atoms with E-state index < -0.39 is 12.1 Å². The molecule has 0 amide bonds. The Balaban J connectivity index is 1.89. The minimum atomic E-state index is -0.744. The summed E-state index contributed by atoms with van der Waals surface area (Å²) in [6.45, 7) is 5.68. The van der Waals surface area contributed by atoms with Crippen LogP contribution in [-0.4, -0.2) is 43.2 Å². The van der Waals surface area contributed by atoms with Crippen LogP contribution in [0.15, 0.2) is 12.3 Å². The van der Waals surface area contributed by atoms with E-state index in [1.165, 1.54) is 0 Å². The minimum absolute atomic E-state index is 0.0553. The van der Waals surface area contributed by atoms with Crippen molar-refractivity contribution in [2.75, 3.05) is 10.6 Å². The highest BCUT2D eigenvalue weighted by Crippen LogP contribution is 2.29. The summed E-state index contributed by atoms with van der Waals surface area (Å²) < 4.78 is 0. The predicted molar refractivity (Wildman–Crippen MR) is 99.1 cm³/mol. The summed E-state index contributed by atoms with van der Waals surface area (Å²) in [6, 6.07) is 2.00. The number of carbonyl (C=O) groups is 1. The summed E-state index contributed by atoms with van der Waals surface area (Å²) >= 11 is 0. The van der Waals surface area contributed by atoms with Crippen LogP contribution in [0.4, 0.5) is 11.8 Å². The molecule has 3 atom stereocenters.